The summed E-state index contributed by atoms with van der Waals surface area (Å²) in [7, 11) is 0. The van der Waals surface area contributed by atoms with Crippen LogP contribution in [-0.4, -0.2) is 20.7 Å². The molecule has 0 atom stereocenters. The molecular weight excluding hydrogens is 324 g/mol. The molecule has 3 heterocycles. The van der Waals surface area contributed by atoms with Crippen LogP contribution in [0.25, 0.3) is 5.82 Å². The fourth-order valence-corrected chi connectivity index (χ4v) is 2.14. The molecule has 0 spiro atoms. The number of nitrogens with zero attached hydrogens (tertiary/aromatic N) is 3. The molecule has 6 nitrogen and oxygen atoms in total. The summed E-state index contributed by atoms with van der Waals surface area (Å²) in [5.74, 6) is 0.262. The lowest BCUT2D eigenvalue weighted by Crippen LogP contribution is -2.14. The Balaban J connectivity index is 1.92. The summed E-state index contributed by atoms with van der Waals surface area (Å²) in [6.45, 7) is 0. The van der Waals surface area contributed by atoms with E-state index < -0.39 is 0 Å². The summed E-state index contributed by atoms with van der Waals surface area (Å²) in [4.78, 5) is 16.4. The fraction of sp³-hybridized carbons (Fsp3) is 0. The van der Waals surface area contributed by atoms with Gasteiger partial charge in [0.15, 0.2) is 10.5 Å². The molecule has 1 amide bonds. The summed E-state index contributed by atoms with van der Waals surface area (Å²) in [5.41, 5.74) is 0.981. The molecule has 20 heavy (non-hydrogen) atoms. The van der Waals surface area contributed by atoms with Gasteiger partial charge in [-0.05, 0) is 40.2 Å². The van der Waals surface area contributed by atoms with Crippen LogP contribution in [0.3, 0.4) is 0 Å². The number of carbonyl (C=O) groups is 1. The molecule has 0 aliphatic rings. The first-order chi connectivity index (χ1) is 9.75. The van der Waals surface area contributed by atoms with Crippen molar-refractivity contribution in [2.75, 3.05) is 5.32 Å². The highest BCUT2D eigenvalue weighted by Gasteiger charge is 2.15. The Morgan fingerprint density at radius 2 is 2.20 bits per heavy atom. The second kappa shape index (κ2) is 5.30. The molecule has 3 rings (SSSR count). The van der Waals surface area contributed by atoms with Crippen molar-refractivity contribution in [2.45, 2.75) is 0 Å². The van der Waals surface area contributed by atoms with E-state index in [2.05, 4.69) is 31.3 Å². The first kappa shape index (κ1) is 12.6. The predicted octanol–water partition coefficient (Wildman–Crippen LogP) is 2.88. The zero-order valence-electron chi connectivity index (χ0n) is 10.2. The number of nitrogens with one attached hydrogen (secondary N) is 1. The Bertz CT molecular complexity index is 736. The largest absolute Gasteiger partial charge is 0.457 e. The summed E-state index contributed by atoms with van der Waals surface area (Å²) in [6, 6.07) is 6.87. The second-order valence-corrected chi connectivity index (χ2v) is 4.61. The molecule has 0 saturated carbocycles. The third kappa shape index (κ3) is 2.35. The van der Waals surface area contributed by atoms with Gasteiger partial charge in [0.05, 0.1) is 17.5 Å². The number of amides is 1. The number of halogens is 1. The van der Waals surface area contributed by atoms with Gasteiger partial charge < -0.3 is 9.73 Å². The van der Waals surface area contributed by atoms with Crippen LogP contribution in [0.1, 0.15) is 10.4 Å². The molecule has 0 fully saturated rings. The number of pyridine rings is 1. The predicted molar refractivity (Wildman–Crippen MR) is 75.7 cm³/mol. The first-order valence-corrected chi connectivity index (χ1v) is 6.54. The van der Waals surface area contributed by atoms with E-state index in [1.807, 2.05) is 0 Å². The molecule has 0 bridgehead atoms. The zero-order chi connectivity index (χ0) is 13.9. The average Bonchev–Trinajstić information content (AvgIpc) is 3.10. The van der Waals surface area contributed by atoms with E-state index in [9.17, 15) is 4.79 Å². The quantitative estimate of drug-likeness (QED) is 0.800. The van der Waals surface area contributed by atoms with Crippen LogP contribution in [0.5, 0.6) is 0 Å². The molecule has 0 unspecified atom stereocenters. The Morgan fingerprint density at radius 1 is 1.30 bits per heavy atom. The Labute approximate surface area is 122 Å². The molecule has 0 aliphatic heterocycles. The van der Waals surface area contributed by atoms with Crippen LogP contribution < -0.4 is 5.32 Å². The number of carbonyl (C=O) groups excluding carboxylic acids is 1. The SMILES string of the molecule is O=C(Nc1cccnc1-n1cccn1)c1ccoc1Br. The van der Waals surface area contributed by atoms with E-state index in [1.54, 1.807) is 47.5 Å². The molecule has 7 heteroatoms. The minimum Gasteiger partial charge on any atom is -0.457 e. The number of aromatic nitrogens is 3. The van der Waals surface area contributed by atoms with Gasteiger partial charge in [-0.1, -0.05) is 0 Å². The van der Waals surface area contributed by atoms with E-state index in [4.69, 9.17) is 4.42 Å². The van der Waals surface area contributed by atoms with Gasteiger partial charge in [-0.25, -0.2) is 9.67 Å². The molecule has 3 aromatic rings. The Hall–Kier alpha value is -2.41. The van der Waals surface area contributed by atoms with Crippen molar-refractivity contribution in [2.24, 2.45) is 0 Å². The van der Waals surface area contributed by atoms with E-state index in [0.29, 0.717) is 21.7 Å². The maximum Gasteiger partial charge on any atom is 0.260 e. The van der Waals surface area contributed by atoms with Gasteiger partial charge in [0.25, 0.3) is 5.91 Å². The zero-order valence-corrected chi connectivity index (χ0v) is 11.7. The fourth-order valence-electron chi connectivity index (χ4n) is 1.72. The number of rotatable bonds is 3. The van der Waals surface area contributed by atoms with Gasteiger partial charge in [-0.15, -0.1) is 0 Å². The number of anilines is 1. The second-order valence-electron chi connectivity index (χ2n) is 3.89. The van der Waals surface area contributed by atoms with Gasteiger partial charge in [0, 0.05) is 18.6 Å². The van der Waals surface area contributed by atoms with Crippen molar-refractivity contribution >= 4 is 27.5 Å². The minimum atomic E-state index is -0.285. The maximum atomic E-state index is 12.2. The summed E-state index contributed by atoms with van der Waals surface area (Å²) in [6.07, 6.45) is 6.48. The Kier molecular flexibility index (Phi) is 3.34. The van der Waals surface area contributed by atoms with Crippen molar-refractivity contribution < 1.29 is 9.21 Å². The van der Waals surface area contributed by atoms with Crippen LogP contribution in [0.4, 0.5) is 5.69 Å². The van der Waals surface area contributed by atoms with Gasteiger partial charge in [-0.2, -0.15) is 5.10 Å². The van der Waals surface area contributed by atoms with Crippen LogP contribution >= 0.6 is 15.9 Å². The van der Waals surface area contributed by atoms with Crippen LogP contribution in [-0.2, 0) is 0 Å². The molecule has 0 aromatic carbocycles. The molecule has 0 radical (unpaired) electrons. The Morgan fingerprint density at radius 3 is 2.90 bits per heavy atom. The number of hydrogen-bond donors (Lipinski definition) is 1. The standard InChI is InChI=1S/C13H9BrN4O2/c14-11-9(4-8-20-11)13(19)17-10-3-1-5-15-12(10)18-7-2-6-16-18/h1-8H,(H,17,19). The topological polar surface area (TPSA) is 73.0 Å². The van der Waals surface area contributed by atoms with E-state index in [-0.39, 0.29) is 5.91 Å². The van der Waals surface area contributed by atoms with Gasteiger partial charge in [0.1, 0.15) is 0 Å². The number of furan rings is 1. The van der Waals surface area contributed by atoms with E-state index in [0.717, 1.165) is 0 Å². The summed E-state index contributed by atoms with van der Waals surface area (Å²) >= 11 is 3.18. The lowest BCUT2D eigenvalue weighted by molar-refractivity contribution is 0.102. The first-order valence-electron chi connectivity index (χ1n) is 5.75. The van der Waals surface area contributed by atoms with E-state index in [1.165, 1.54) is 6.26 Å². The molecule has 0 aliphatic carbocycles. The lowest BCUT2D eigenvalue weighted by atomic mass is 10.3. The normalized spacial score (nSPS) is 10.4. The highest BCUT2D eigenvalue weighted by atomic mass is 79.9. The third-order valence-electron chi connectivity index (χ3n) is 2.62. The van der Waals surface area contributed by atoms with Crippen molar-refractivity contribution in [1.29, 1.82) is 0 Å². The minimum absolute atomic E-state index is 0.285. The molecule has 1 N–H and O–H groups in total. The maximum absolute atomic E-state index is 12.2. The van der Waals surface area contributed by atoms with Crippen LogP contribution in [0.2, 0.25) is 0 Å². The highest BCUT2D eigenvalue weighted by Crippen LogP contribution is 2.21. The van der Waals surface area contributed by atoms with Crippen molar-refractivity contribution in [3.05, 3.63) is 59.4 Å². The van der Waals surface area contributed by atoms with Crippen molar-refractivity contribution in [3.8, 4) is 5.82 Å². The number of hydrogen-bond acceptors (Lipinski definition) is 4. The molecule has 3 aromatic heterocycles. The monoisotopic (exact) mass is 332 g/mol. The third-order valence-corrected chi connectivity index (χ3v) is 3.23. The van der Waals surface area contributed by atoms with Crippen molar-refractivity contribution in [3.63, 3.8) is 0 Å². The van der Waals surface area contributed by atoms with Gasteiger partial charge >= 0.3 is 0 Å². The van der Waals surface area contributed by atoms with Crippen LogP contribution in [0, 0.1) is 0 Å². The van der Waals surface area contributed by atoms with Crippen LogP contribution in [0.15, 0.2) is 58.2 Å². The summed E-state index contributed by atoms with van der Waals surface area (Å²) in [5, 5.41) is 6.90. The molecular formula is C13H9BrN4O2. The molecule has 100 valence electrons. The highest BCUT2D eigenvalue weighted by molar-refractivity contribution is 9.10. The van der Waals surface area contributed by atoms with Crippen molar-refractivity contribution in [1.82, 2.24) is 14.8 Å². The lowest BCUT2D eigenvalue weighted by Gasteiger charge is -2.09. The molecule has 0 saturated heterocycles. The van der Waals surface area contributed by atoms with Gasteiger partial charge in [0.2, 0.25) is 0 Å². The smallest absolute Gasteiger partial charge is 0.260 e. The summed E-state index contributed by atoms with van der Waals surface area (Å²) < 4.78 is 7.02. The van der Waals surface area contributed by atoms with E-state index >= 15 is 0 Å². The average molecular weight is 333 g/mol. The van der Waals surface area contributed by atoms with Gasteiger partial charge in [-0.3, -0.25) is 4.79 Å².